The molecule has 6 rings (SSSR count). The zero-order chi connectivity index (χ0) is 20.3. The van der Waals surface area contributed by atoms with Crippen molar-refractivity contribution in [1.82, 2.24) is 9.97 Å². The molecule has 29 heavy (non-hydrogen) atoms. The Hall–Kier alpha value is -2.28. The van der Waals surface area contributed by atoms with E-state index in [0.717, 1.165) is 35.4 Å². The van der Waals surface area contributed by atoms with Crippen LogP contribution < -0.4 is 20.1 Å². The molecule has 2 aromatic carbocycles. The van der Waals surface area contributed by atoms with E-state index in [0.29, 0.717) is 39.1 Å². The molecular weight excluding hydrogens is 411 g/mol. The van der Waals surface area contributed by atoms with Crippen LogP contribution in [-0.4, -0.2) is 42.8 Å². The summed E-state index contributed by atoms with van der Waals surface area (Å²) in [6, 6.07) is 8.15. The van der Waals surface area contributed by atoms with Crippen LogP contribution in [-0.2, 0) is 0 Å². The summed E-state index contributed by atoms with van der Waals surface area (Å²) in [4.78, 5) is 11.6. The minimum absolute atomic E-state index is 0.240. The number of nitrogens with zero attached hydrogens (tertiary/aromatic N) is 3. The first-order valence-electron chi connectivity index (χ1n) is 9.41. The monoisotopic (exact) mass is 430 g/mol. The van der Waals surface area contributed by atoms with E-state index in [1.807, 2.05) is 24.4 Å². The average Bonchev–Trinajstić information content (AvgIpc) is 3.33. The molecular formula is C21H20Cl2N4O2. The number of halogens is 2. The molecule has 3 heterocycles. The van der Waals surface area contributed by atoms with Gasteiger partial charge in [-0.2, -0.15) is 0 Å². The third kappa shape index (κ3) is 2.81. The van der Waals surface area contributed by atoms with E-state index in [9.17, 15) is 0 Å². The maximum absolute atomic E-state index is 6.56. The zero-order valence-electron chi connectivity index (χ0n) is 16.0. The quantitative estimate of drug-likeness (QED) is 0.669. The highest BCUT2D eigenvalue weighted by Crippen LogP contribution is 2.46. The first-order valence-corrected chi connectivity index (χ1v) is 10.2. The number of hydrogen-bond donors (Lipinski definition) is 1. The van der Waals surface area contributed by atoms with Gasteiger partial charge in [0.05, 0.1) is 29.8 Å². The second-order valence-corrected chi connectivity index (χ2v) is 8.28. The number of benzene rings is 2. The predicted octanol–water partition coefficient (Wildman–Crippen LogP) is 4.16. The van der Waals surface area contributed by atoms with Crippen LogP contribution >= 0.6 is 23.2 Å². The Labute approximate surface area is 178 Å². The number of hydrogen-bond acceptors (Lipinski definition) is 6. The van der Waals surface area contributed by atoms with Crippen molar-refractivity contribution in [2.24, 2.45) is 11.7 Å². The van der Waals surface area contributed by atoms with Crippen LogP contribution in [0.25, 0.3) is 22.0 Å². The molecule has 0 spiro atoms. The van der Waals surface area contributed by atoms with E-state index in [1.165, 1.54) is 0 Å². The average molecular weight is 431 g/mol. The zero-order valence-corrected chi connectivity index (χ0v) is 17.5. The SMILES string of the molecule is COc1cc(OC)c(Cl)c(-c2ccc3nc(N4CC5CC4C5N)ncc3c2)c1Cl. The number of anilines is 1. The molecule has 1 saturated carbocycles. The molecule has 2 bridgehead atoms. The molecule has 0 radical (unpaired) electrons. The fraction of sp³-hybridized carbons (Fsp3) is 0.333. The normalized spacial score (nSPS) is 22.7. The highest BCUT2D eigenvalue weighted by atomic mass is 35.5. The smallest absolute Gasteiger partial charge is 0.226 e. The first-order chi connectivity index (χ1) is 14.0. The molecule has 3 fully saturated rings. The van der Waals surface area contributed by atoms with Crippen molar-refractivity contribution in [3.8, 4) is 22.6 Å². The Kier molecular flexibility index (Phi) is 4.46. The number of rotatable bonds is 4. The summed E-state index contributed by atoms with van der Waals surface area (Å²) in [5, 5.41) is 1.76. The summed E-state index contributed by atoms with van der Waals surface area (Å²) in [5.41, 5.74) is 8.54. The summed E-state index contributed by atoms with van der Waals surface area (Å²) in [7, 11) is 3.12. The topological polar surface area (TPSA) is 73.5 Å². The maximum atomic E-state index is 6.56. The summed E-state index contributed by atoms with van der Waals surface area (Å²) < 4.78 is 10.8. The van der Waals surface area contributed by atoms with E-state index >= 15 is 0 Å². The van der Waals surface area contributed by atoms with Crippen molar-refractivity contribution >= 4 is 40.1 Å². The first kappa shape index (κ1) is 18.7. The van der Waals surface area contributed by atoms with Gasteiger partial charge in [-0.15, -0.1) is 0 Å². The summed E-state index contributed by atoms with van der Waals surface area (Å²) in [5.74, 6) is 2.30. The number of ether oxygens (including phenoxy) is 2. The van der Waals surface area contributed by atoms with Crippen molar-refractivity contribution in [2.75, 3.05) is 25.7 Å². The van der Waals surface area contributed by atoms with Gasteiger partial charge in [-0.3, -0.25) is 0 Å². The Morgan fingerprint density at radius 3 is 2.41 bits per heavy atom. The predicted molar refractivity (Wildman–Crippen MR) is 115 cm³/mol. The van der Waals surface area contributed by atoms with Crippen LogP contribution in [0.5, 0.6) is 11.5 Å². The molecule has 2 saturated heterocycles. The fourth-order valence-electron chi connectivity index (χ4n) is 4.35. The van der Waals surface area contributed by atoms with Gasteiger partial charge in [0.25, 0.3) is 0 Å². The van der Waals surface area contributed by atoms with E-state index < -0.39 is 0 Å². The van der Waals surface area contributed by atoms with Crippen LogP contribution in [0, 0.1) is 5.92 Å². The lowest BCUT2D eigenvalue weighted by atomic mass is 9.81. The van der Waals surface area contributed by atoms with Gasteiger partial charge >= 0.3 is 0 Å². The molecule has 8 heteroatoms. The molecule has 3 atom stereocenters. The molecule has 2 aliphatic heterocycles. The van der Waals surface area contributed by atoms with Crippen LogP contribution in [0.2, 0.25) is 10.0 Å². The van der Waals surface area contributed by atoms with Gasteiger partial charge in [0.2, 0.25) is 5.95 Å². The number of nitrogens with two attached hydrogens (primary N) is 1. The Balaban J connectivity index is 1.57. The number of fused-ring (bicyclic) bond motifs is 2. The minimum Gasteiger partial charge on any atom is -0.495 e. The standard InChI is InChI=1S/C21H20Cl2N4O2/c1-28-15-7-16(29-2)19(23)17(18(15)22)10-3-4-13-11(5-10)8-25-21(26-13)27-9-12-6-14(27)20(12)24/h3-5,7-8,12,14,20H,6,9,24H2,1-2H3. The third-order valence-corrected chi connectivity index (χ3v) is 6.80. The molecule has 2 N–H and O–H groups in total. The molecule has 3 unspecified atom stereocenters. The Morgan fingerprint density at radius 1 is 1.10 bits per heavy atom. The van der Waals surface area contributed by atoms with Gasteiger partial charge in [-0.25, -0.2) is 9.97 Å². The molecule has 1 aliphatic carbocycles. The van der Waals surface area contributed by atoms with Crippen molar-refractivity contribution in [2.45, 2.75) is 18.5 Å². The van der Waals surface area contributed by atoms with Crippen molar-refractivity contribution < 1.29 is 9.47 Å². The van der Waals surface area contributed by atoms with Crippen LogP contribution in [0.15, 0.2) is 30.5 Å². The Bertz CT molecular complexity index is 1100. The van der Waals surface area contributed by atoms with Crippen LogP contribution in [0.1, 0.15) is 6.42 Å². The van der Waals surface area contributed by atoms with E-state index in [-0.39, 0.29) is 6.04 Å². The molecule has 6 nitrogen and oxygen atoms in total. The largest absolute Gasteiger partial charge is 0.495 e. The number of aromatic nitrogens is 2. The fourth-order valence-corrected chi connectivity index (χ4v) is 5.07. The summed E-state index contributed by atoms with van der Waals surface area (Å²) in [6.07, 6.45) is 2.97. The maximum Gasteiger partial charge on any atom is 0.226 e. The van der Waals surface area contributed by atoms with Gasteiger partial charge < -0.3 is 20.1 Å². The second-order valence-electron chi connectivity index (χ2n) is 7.52. The lowest BCUT2D eigenvalue weighted by Crippen LogP contribution is -2.49. The molecule has 3 aliphatic rings. The van der Waals surface area contributed by atoms with Crippen molar-refractivity contribution in [3.05, 3.63) is 40.5 Å². The van der Waals surface area contributed by atoms with Gasteiger partial charge in [0.1, 0.15) is 11.5 Å². The van der Waals surface area contributed by atoms with E-state index in [2.05, 4.69) is 9.88 Å². The highest BCUT2D eigenvalue weighted by molar-refractivity contribution is 6.41. The van der Waals surface area contributed by atoms with Crippen molar-refractivity contribution in [1.29, 1.82) is 0 Å². The van der Waals surface area contributed by atoms with Gasteiger partial charge in [-0.05, 0) is 30.0 Å². The number of methoxy groups -OCH3 is 2. The summed E-state index contributed by atoms with van der Waals surface area (Å²) in [6.45, 7) is 0.935. The highest BCUT2D eigenvalue weighted by Gasteiger charge is 2.50. The molecule has 3 aromatic rings. The second kappa shape index (κ2) is 6.90. The third-order valence-electron chi connectivity index (χ3n) is 6.05. The van der Waals surface area contributed by atoms with Crippen molar-refractivity contribution in [3.63, 3.8) is 0 Å². The van der Waals surface area contributed by atoms with Gasteiger partial charge in [-0.1, -0.05) is 29.3 Å². The van der Waals surface area contributed by atoms with Crippen LogP contribution in [0.3, 0.4) is 0 Å². The molecule has 150 valence electrons. The van der Waals surface area contributed by atoms with Gasteiger partial charge in [0, 0.05) is 41.8 Å². The minimum atomic E-state index is 0.240. The summed E-state index contributed by atoms with van der Waals surface area (Å²) >= 11 is 13.1. The lowest BCUT2D eigenvalue weighted by Gasteiger charge is -2.33. The van der Waals surface area contributed by atoms with E-state index in [4.69, 9.17) is 43.4 Å². The Morgan fingerprint density at radius 2 is 1.83 bits per heavy atom. The molecule has 1 aromatic heterocycles. The van der Waals surface area contributed by atoms with Crippen LogP contribution in [0.4, 0.5) is 5.95 Å². The lowest BCUT2D eigenvalue weighted by molar-refractivity contribution is 0.311. The molecule has 0 amide bonds. The van der Waals surface area contributed by atoms with E-state index in [1.54, 1.807) is 20.3 Å². The van der Waals surface area contributed by atoms with Gasteiger partial charge in [0.15, 0.2) is 0 Å².